The minimum atomic E-state index is -0.394. The lowest BCUT2D eigenvalue weighted by Gasteiger charge is -2.28. The van der Waals surface area contributed by atoms with Crippen LogP contribution in [0.25, 0.3) is 0 Å². The van der Waals surface area contributed by atoms with E-state index in [2.05, 4.69) is 9.97 Å². The number of aromatic nitrogens is 2. The zero-order chi connectivity index (χ0) is 19.4. The third kappa shape index (κ3) is 3.50. The number of amides is 2. The molecule has 0 unspecified atom stereocenters. The van der Waals surface area contributed by atoms with Crippen LogP contribution < -0.4 is 9.47 Å². The van der Waals surface area contributed by atoms with E-state index in [4.69, 9.17) is 14.7 Å². The van der Waals surface area contributed by atoms with Gasteiger partial charge in [-0.1, -0.05) is 0 Å². The van der Waals surface area contributed by atoms with E-state index in [1.807, 2.05) is 6.07 Å². The quantitative estimate of drug-likeness (QED) is 0.800. The summed E-state index contributed by atoms with van der Waals surface area (Å²) < 4.78 is 10.2. The molecule has 27 heavy (non-hydrogen) atoms. The number of hydrazine groups is 1. The maximum atomic E-state index is 13.0. The normalized spacial score (nSPS) is 13.2. The Morgan fingerprint density at radius 1 is 1.07 bits per heavy atom. The number of nitrogens with zero attached hydrogens (tertiary/aromatic N) is 5. The summed E-state index contributed by atoms with van der Waals surface area (Å²) in [6, 6.07) is 7.99. The zero-order valence-electron chi connectivity index (χ0n) is 14.9. The molecule has 0 aromatic carbocycles. The third-order valence-electron chi connectivity index (χ3n) is 4.09. The van der Waals surface area contributed by atoms with Crippen LogP contribution in [0.4, 0.5) is 0 Å². The fraction of sp³-hybridized carbons (Fsp3) is 0.278. The van der Waals surface area contributed by atoms with Crippen molar-refractivity contribution in [2.75, 3.05) is 27.3 Å². The number of hydrogen-bond acceptors (Lipinski definition) is 7. The van der Waals surface area contributed by atoms with Gasteiger partial charge in [0, 0.05) is 25.4 Å². The molecule has 1 saturated heterocycles. The third-order valence-corrected chi connectivity index (χ3v) is 4.09. The average Bonchev–Trinajstić information content (AvgIpc) is 3.22. The molecule has 9 nitrogen and oxygen atoms in total. The molecular formula is C18H17N5O4. The van der Waals surface area contributed by atoms with Crippen molar-refractivity contribution >= 4 is 11.8 Å². The summed E-state index contributed by atoms with van der Waals surface area (Å²) >= 11 is 0. The van der Waals surface area contributed by atoms with E-state index in [1.54, 1.807) is 12.1 Å². The first-order chi connectivity index (χ1) is 13.1. The molecule has 0 atom stereocenters. The first-order valence-corrected chi connectivity index (χ1v) is 8.18. The Hall–Kier alpha value is -3.67. The molecule has 138 valence electrons. The largest absolute Gasteiger partial charge is 0.481 e. The molecule has 0 N–H and O–H groups in total. The molecule has 2 amide bonds. The Balaban J connectivity index is 1.86. The van der Waals surface area contributed by atoms with Gasteiger partial charge in [-0.05, 0) is 24.6 Å². The molecule has 3 heterocycles. The molecule has 0 aliphatic carbocycles. The Morgan fingerprint density at radius 3 is 2.41 bits per heavy atom. The Morgan fingerprint density at radius 2 is 1.81 bits per heavy atom. The summed E-state index contributed by atoms with van der Waals surface area (Å²) in [4.78, 5) is 33.8. The molecule has 1 aliphatic rings. The van der Waals surface area contributed by atoms with Crippen molar-refractivity contribution in [2.24, 2.45) is 0 Å². The number of carbonyl (C=O) groups is 2. The van der Waals surface area contributed by atoms with Gasteiger partial charge in [0.25, 0.3) is 11.8 Å². The van der Waals surface area contributed by atoms with Crippen molar-refractivity contribution in [2.45, 2.75) is 6.42 Å². The standard InChI is InChI=1S/C18H17N5O4/c1-26-15-7-6-14(16(21-15)27-2)18(25)23-9-3-8-22(23)17(24)12-4-5-13(10-19)20-11-12/h4-7,11H,3,8-9H2,1-2H3. The smallest absolute Gasteiger partial charge is 0.277 e. The highest BCUT2D eigenvalue weighted by atomic mass is 16.5. The highest BCUT2D eigenvalue weighted by Gasteiger charge is 2.33. The Kier molecular flexibility index (Phi) is 5.17. The number of pyridine rings is 2. The van der Waals surface area contributed by atoms with E-state index in [-0.39, 0.29) is 23.0 Å². The van der Waals surface area contributed by atoms with Crippen molar-refractivity contribution in [3.8, 4) is 17.8 Å². The Bertz CT molecular complexity index is 907. The van der Waals surface area contributed by atoms with Crippen LogP contribution >= 0.6 is 0 Å². The van der Waals surface area contributed by atoms with Gasteiger partial charge in [-0.25, -0.2) is 15.0 Å². The van der Waals surface area contributed by atoms with Gasteiger partial charge >= 0.3 is 0 Å². The van der Waals surface area contributed by atoms with E-state index in [9.17, 15) is 9.59 Å². The van der Waals surface area contributed by atoms with E-state index < -0.39 is 5.91 Å². The molecule has 3 rings (SSSR count). The summed E-state index contributed by atoms with van der Waals surface area (Å²) in [5.41, 5.74) is 0.749. The maximum absolute atomic E-state index is 13.0. The Labute approximate surface area is 155 Å². The number of ether oxygens (including phenoxy) is 2. The van der Waals surface area contributed by atoms with Crippen LogP contribution in [0.3, 0.4) is 0 Å². The molecule has 0 spiro atoms. The highest BCUT2D eigenvalue weighted by Crippen LogP contribution is 2.24. The van der Waals surface area contributed by atoms with E-state index in [0.717, 1.165) is 0 Å². The predicted molar refractivity (Wildman–Crippen MR) is 93.0 cm³/mol. The number of methoxy groups -OCH3 is 2. The second kappa shape index (κ2) is 7.70. The average molecular weight is 367 g/mol. The van der Waals surface area contributed by atoms with Crippen LogP contribution in [-0.4, -0.2) is 59.1 Å². The minimum Gasteiger partial charge on any atom is -0.481 e. The van der Waals surface area contributed by atoms with Gasteiger partial charge < -0.3 is 9.47 Å². The maximum Gasteiger partial charge on any atom is 0.277 e. The highest BCUT2D eigenvalue weighted by molar-refractivity contribution is 6.00. The van der Waals surface area contributed by atoms with Gasteiger partial charge in [-0.15, -0.1) is 0 Å². The molecular weight excluding hydrogens is 350 g/mol. The van der Waals surface area contributed by atoms with Gasteiger partial charge in [-0.3, -0.25) is 9.59 Å². The number of hydrogen-bond donors (Lipinski definition) is 0. The van der Waals surface area contributed by atoms with Crippen LogP contribution in [0.1, 0.15) is 32.8 Å². The summed E-state index contributed by atoms with van der Waals surface area (Å²) in [5, 5.41) is 11.6. The lowest BCUT2D eigenvalue weighted by atomic mass is 10.2. The topological polar surface area (TPSA) is 109 Å². The van der Waals surface area contributed by atoms with Crippen LogP contribution in [0, 0.1) is 11.3 Å². The van der Waals surface area contributed by atoms with Gasteiger partial charge in [-0.2, -0.15) is 10.2 Å². The van der Waals surface area contributed by atoms with Gasteiger partial charge in [0.2, 0.25) is 11.8 Å². The van der Waals surface area contributed by atoms with Crippen LogP contribution in [0.5, 0.6) is 11.8 Å². The van der Waals surface area contributed by atoms with Crippen molar-refractivity contribution in [3.05, 3.63) is 47.3 Å². The first-order valence-electron chi connectivity index (χ1n) is 8.18. The SMILES string of the molecule is COc1ccc(C(=O)N2CCCN2C(=O)c2ccc(C#N)nc2)c(OC)n1. The van der Waals surface area contributed by atoms with Crippen LogP contribution in [-0.2, 0) is 0 Å². The second-order valence-corrected chi connectivity index (χ2v) is 5.66. The summed E-state index contributed by atoms with van der Waals surface area (Å²) in [5.74, 6) is -0.312. The number of carbonyl (C=O) groups excluding carboxylic acids is 2. The fourth-order valence-corrected chi connectivity index (χ4v) is 2.76. The van der Waals surface area contributed by atoms with Crippen LogP contribution in [0.2, 0.25) is 0 Å². The monoisotopic (exact) mass is 367 g/mol. The summed E-state index contributed by atoms with van der Waals surface area (Å²) in [6.07, 6.45) is 1.98. The molecule has 2 aromatic rings. The summed E-state index contributed by atoms with van der Waals surface area (Å²) in [7, 11) is 2.88. The zero-order valence-corrected chi connectivity index (χ0v) is 14.9. The van der Waals surface area contributed by atoms with E-state index in [1.165, 1.54) is 42.6 Å². The van der Waals surface area contributed by atoms with Gasteiger partial charge in [0.1, 0.15) is 17.3 Å². The first kappa shape index (κ1) is 18.1. The number of rotatable bonds is 4. The molecule has 0 radical (unpaired) electrons. The lowest BCUT2D eigenvalue weighted by molar-refractivity contribution is 0.0183. The van der Waals surface area contributed by atoms with Crippen molar-refractivity contribution in [1.29, 1.82) is 5.26 Å². The van der Waals surface area contributed by atoms with Crippen LogP contribution in [0.15, 0.2) is 30.5 Å². The van der Waals surface area contributed by atoms with Crippen molar-refractivity contribution < 1.29 is 19.1 Å². The van der Waals surface area contributed by atoms with Crippen molar-refractivity contribution in [1.82, 2.24) is 20.0 Å². The fourth-order valence-electron chi connectivity index (χ4n) is 2.76. The molecule has 0 saturated carbocycles. The summed E-state index contributed by atoms with van der Waals surface area (Å²) in [6.45, 7) is 0.792. The predicted octanol–water partition coefficient (Wildman–Crippen LogP) is 1.27. The van der Waals surface area contributed by atoms with E-state index >= 15 is 0 Å². The lowest BCUT2D eigenvalue weighted by Crippen LogP contribution is -2.45. The molecule has 9 heteroatoms. The molecule has 1 fully saturated rings. The minimum absolute atomic E-state index is 0.124. The number of nitriles is 1. The van der Waals surface area contributed by atoms with Crippen molar-refractivity contribution in [3.63, 3.8) is 0 Å². The second-order valence-electron chi connectivity index (χ2n) is 5.66. The molecule has 0 bridgehead atoms. The molecule has 2 aromatic heterocycles. The van der Waals surface area contributed by atoms with E-state index in [0.29, 0.717) is 31.0 Å². The molecule has 1 aliphatic heterocycles. The van der Waals surface area contributed by atoms with Gasteiger partial charge in [0.05, 0.1) is 19.8 Å². The van der Waals surface area contributed by atoms with Gasteiger partial charge in [0.15, 0.2) is 0 Å².